The molecular formula is C14H31NO. The molecule has 0 aromatic rings. The summed E-state index contributed by atoms with van der Waals surface area (Å²) >= 11 is 0. The zero-order valence-corrected chi connectivity index (χ0v) is 11.4. The van der Waals surface area contributed by atoms with Crippen LogP contribution in [0.1, 0.15) is 78.1 Å². The molecule has 0 amide bonds. The van der Waals surface area contributed by atoms with Crippen molar-refractivity contribution in [3.63, 3.8) is 0 Å². The van der Waals surface area contributed by atoms with E-state index in [4.69, 9.17) is 0 Å². The van der Waals surface area contributed by atoms with E-state index < -0.39 is 0 Å². The first kappa shape index (κ1) is 15.9. The quantitative estimate of drug-likeness (QED) is 0.390. The van der Waals surface area contributed by atoms with Crippen molar-refractivity contribution in [2.45, 2.75) is 78.1 Å². The van der Waals surface area contributed by atoms with E-state index in [-0.39, 0.29) is 0 Å². The van der Waals surface area contributed by atoms with Crippen molar-refractivity contribution < 1.29 is 5.21 Å². The lowest BCUT2D eigenvalue weighted by atomic mass is 10.1. The van der Waals surface area contributed by atoms with Crippen molar-refractivity contribution in [3.8, 4) is 0 Å². The Balaban J connectivity index is 3.09. The van der Waals surface area contributed by atoms with E-state index in [0.29, 0.717) is 0 Å². The number of nitrogens with zero attached hydrogens (tertiary/aromatic N) is 1. The van der Waals surface area contributed by atoms with Gasteiger partial charge in [0, 0.05) is 13.1 Å². The minimum absolute atomic E-state index is 0.859. The molecule has 0 aliphatic heterocycles. The Bertz CT molecular complexity index is 114. The number of rotatable bonds is 12. The molecular weight excluding hydrogens is 198 g/mol. The molecule has 0 aliphatic carbocycles. The minimum atomic E-state index is 0.859. The lowest BCUT2D eigenvalue weighted by molar-refractivity contribution is -0.0925. The van der Waals surface area contributed by atoms with Crippen LogP contribution in [0.25, 0.3) is 0 Å². The van der Waals surface area contributed by atoms with Crippen molar-refractivity contribution >= 4 is 0 Å². The van der Waals surface area contributed by atoms with E-state index in [0.717, 1.165) is 25.9 Å². The fraction of sp³-hybridized carbons (Fsp3) is 1.00. The van der Waals surface area contributed by atoms with Crippen LogP contribution >= 0.6 is 0 Å². The third kappa shape index (κ3) is 12.0. The van der Waals surface area contributed by atoms with Gasteiger partial charge in [-0.3, -0.25) is 0 Å². The molecule has 0 heterocycles. The number of hydroxylamine groups is 2. The van der Waals surface area contributed by atoms with Gasteiger partial charge in [-0.1, -0.05) is 65.2 Å². The molecule has 2 nitrogen and oxygen atoms in total. The first-order valence-electron chi connectivity index (χ1n) is 7.25. The highest BCUT2D eigenvalue weighted by atomic mass is 16.5. The average molecular weight is 229 g/mol. The second-order valence-corrected chi connectivity index (χ2v) is 4.78. The van der Waals surface area contributed by atoms with Gasteiger partial charge in [0.15, 0.2) is 0 Å². The van der Waals surface area contributed by atoms with E-state index >= 15 is 0 Å². The summed E-state index contributed by atoms with van der Waals surface area (Å²) in [5, 5.41) is 11.1. The summed E-state index contributed by atoms with van der Waals surface area (Å²) in [6.45, 7) is 6.18. The summed E-state index contributed by atoms with van der Waals surface area (Å²) in [6.07, 6.45) is 12.7. The van der Waals surface area contributed by atoms with Crippen LogP contribution in [0.4, 0.5) is 0 Å². The van der Waals surface area contributed by atoms with Gasteiger partial charge in [-0.05, 0) is 12.8 Å². The molecule has 0 unspecified atom stereocenters. The normalized spacial score (nSPS) is 11.2. The Morgan fingerprint density at radius 1 is 0.625 bits per heavy atom. The van der Waals surface area contributed by atoms with Gasteiger partial charge in [0.05, 0.1) is 0 Å². The van der Waals surface area contributed by atoms with E-state index in [2.05, 4.69) is 13.8 Å². The predicted octanol–water partition coefficient (Wildman–Crippen LogP) is 4.62. The molecule has 0 bridgehead atoms. The molecule has 98 valence electrons. The van der Waals surface area contributed by atoms with Crippen LogP contribution in [-0.2, 0) is 0 Å². The third-order valence-corrected chi connectivity index (χ3v) is 3.04. The fourth-order valence-corrected chi connectivity index (χ4v) is 1.91. The summed E-state index contributed by atoms with van der Waals surface area (Å²) in [4.78, 5) is 0. The number of unbranched alkanes of at least 4 members (excludes halogenated alkanes) is 8. The van der Waals surface area contributed by atoms with Crippen molar-refractivity contribution in [2.75, 3.05) is 13.1 Å². The molecule has 1 N–H and O–H groups in total. The van der Waals surface area contributed by atoms with Crippen LogP contribution in [-0.4, -0.2) is 23.4 Å². The fourth-order valence-electron chi connectivity index (χ4n) is 1.91. The second-order valence-electron chi connectivity index (χ2n) is 4.78. The van der Waals surface area contributed by atoms with Crippen molar-refractivity contribution in [2.24, 2.45) is 0 Å². The van der Waals surface area contributed by atoms with Gasteiger partial charge < -0.3 is 5.21 Å². The Labute approximate surface area is 102 Å². The van der Waals surface area contributed by atoms with E-state index in [1.54, 1.807) is 0 Å². The maximum atomic E-state index is 9.60. The Morgan fingerprint density at radius 3 is 1.38 bits per heavy atom. The number of hydrogen-bond donors (Lipinski definition) is 1. The molecule has 0 saturated carbocycles. The molecule has 0 rings (SSSR count). The number of hydrogen-bond acceptors (Lipinski definition) is 2. The molecule has 0 radical (unpaired) electrons. The van der Waals surface area contributed by atoms with Gasteiger partial charge in [0.25, 0.3) is 0 Å². The Kier molecular flexibility index (Phi) is 12.9. The molecule has 16 heavy (non-hydrogen) atoms. The highest BCUT2D eigenvalue weighted by molar-refractivity contribution is 4.50. The first-order chi connectivity index (χ1) is 7.81. The van der Waals surface area contributed by atoms with E-state index in [9.17, 15) is 5.21 Å². The van der Waals surface area contributed by atoms with E-state index in [1.165, 1.54) is 56.4 Å². The molecule has 0 fully saturated rings. The molecule has 0 aromatic heterocycles. The van der Waals surface area contributed by atoms with Crippen molar-refractivity contribution in [1.82, 2.24) is 5.06 Å². The van der Waals surface area contributed by atoms with Crippen molar-refractivity contribution in [3.05, 3.63) is 0 Å². The van der Waals surface area contributed by atoms with Crippen molar-refractivity contribution in [1.29, 1.82) is 0 Å². The smallest absolute Gasteiger partial charge is 0.0238 e. The summed E-state index contributed by atoms with van der Waals surface area (Å²) in [6, 6.07) is 0. The van der Waals surface area contributed by atoms with Crippen LogP contribution in [0.5, 0.6) is 0 Å². The summed E-state index contributed by atoms with van der Waals surface area (Å²) < 4.78 is 0. The maximum Gasteiger partial charge on any atom is 0.0238 e. The van der Waals surface area contributed by atoms with Crippen LogP contribution in [0.15, 0.2) is 0 Å². The topological polar surface area (TPSA) is 23.5 Å². The maximum absolute atomic E-state index is 9.60. The van der Waals surface area contributed by atoms with Gasteiger partial charge in [0.2, 0.25) is 0 Å². The van der Waals surface area contributed by atoms with Gasteiger partial charge in [-0.25, -0.2) is 0 Å². The molecule has 0 saturated heterocycles. The summed E-state index contributed by atoms with van der Waals surface area (Å²) in [5.74, 6) is 0. The zero-order chi connectivity index (χ0) is 12.1. The van der Waals surface area contributed by atoms with Crippen LogP contribution in [0.2, 0.25) is 0 Å². The third-order valence-electron chi connectivity index (χ3n) is 3.04. The van der Waals surface area contributed by atoms with E-state index in [1.807, 2.05) is 0 Å². The van der Waals surface area contributed by atoms with Crippen LogP contribution in [0.3, 0.4) is 0 Å². The SMILES string of the molecule is CCCCCCCN(O)CCCCCCC. The second kappa shape index (κ2) is 13.0. The predicted molar refractivity (Wildman–Crippen MR) is 70.9 cm³/mol. The highest BCUT2D eigenvalue weighted by Crippen LogP contribution is 2.05. The van der Waals surface area contributed by atoms with Gasteiger partial charge in [-0.2, -0.15) is 5.06 Å². The Hall–Kier alpha value is -0.0800. The van der Waals surface area contributed by atoms with Crippen LogP contribution in [0, 0.1) is 0 Å². The first-order valence-corrected chi connectivity index (χ1v) is 7.25. The highest BCUT2D eigenvalue weighted by Gasteiger charge is 1.99. The molecule has 0 aliphatic rings. The lowest BCUT2D eigenvalue weighted by Crippen LogP contribution is -2.21. The van der Waals surface area contributed by atoms with Crippen LogP contribution < -0.4 is 0 Å². The largest absolute Gasteiger partial charge is 0.314 e. The zero-order valence-electron chi connectivity index (χ0n) is 11.4. The molecule has 2 heteroatoms. The van der Waals surface area contributed by atoms with Gasteiger partial charge in [0.1, 0.15) is 0 Å². The molecule has 0 atom stereocenters. The van der Waals surface area contributed by atoms with Gasteiger partial charge >= 0.3 is 0 Å². The molecule has 0 spiro atoms. The minimum Gasteiger partial charge on any atom is -0.314 e. The summed E-state index contributed by atoms with van der Waals surface area (Å²) in [7, 11) is 0. The Morgan fingerprint density at radius 2 is 1.00 bits per heavy atom. The average Bonchev–Trinajstić information content (AvgIpc) is 2.28. The standard InChI is InChI=1S/C14H31NO/c1-3-5-7-9-11-13-15(16)14-12-10-8-6-4-2/h16H,3-14H2,1-2H3. The molecule has 0 aromatic carbocycles. The lowest BCUT2D eigenvalue weighted by Gasteiger charge is -2.14. The van der Waals surface area contributed by atoms with Gasteiger partial charge in [-0.15, -0.1) is 0 Å². The summed E-state index contributed by atoms with van der Waals surface area (Å²) in [5.41, 5.74) is 0. The monoisotopic (exact) mass is 229 g/mol.